The molecule has 1 spiro atoms. The predicted molar refractivity (Wildman–Crippen MR) is 44.8 cm³/mol. The Morgan fingerprint density at radius 1 is 1.58 bits per heavy atom. The van der Waals surface area contributed by atoms with E-state index < -0.39 is 0 Å². The normalized spacial score (nSPS) is 35.4. The lowest BCUT2D eigenvalue weighted by atomic mass is 9.95. The molecule has 2 aliphatic heterocycles. The van der Waals surface area contributed by atoms with Crippen LogP contribution < -0.4 is 0 Å². The molecule has 68 valence electrons. The molecule has 1 unspecified atom stereocenters. The molecule has 2 saturated heterocycles. The minimum Gasteiger partial charge on any atom is -0.379 e. The van der Waals surface area contributed by atoms with Gasteiger partial charge in [0.05, 0.1) is 12.1 Å². The molecule has 0 aliphatic carbocycles. The lowest BCUT2D eigenvalue weighted by Crippen LogP contribution is -2.46. The highest BCUT2D eigenvalue weighted by atomic mass is 16.5. The highest BCUT2D eigenvalue weighted by molar-refractivity contribution is 5.79. The average molecular weight is 169 g/mol. The maximum absolute atomic E-state index is 11.4. The van der Waals surface area contributed by atoms with Crippen LogP contribution in [0.5, 0.6) is 0 Å². The van der Waals surface area contributed by atoms with E-state index >= 15 is 0 Å². The van der Waals surface area contributed by atoms with E-state index in [1.165, 1.54) is 0 Å². The topological polar surface area (TPSA) is 29.5 Å². The van der Waals surface area contributed by atoms with Gasteiger partial charge in [0.15, 0.2) is 0 Å². The summed E-state index contributed by atoms with van der Waals surface area (Å²) in [7, 11) is 0. The third-order valence-electron chi connectivity index (χ3n) is 3.08. The summed E-state index contributed by atoms with van der Waals surface area (Å²) in [5.74, 6) is 0.308. The number of carbonyl (C=O) groups excluding carboxylic acids is 1. The number of hydrogen-bond acceptors (Lipinski definition) is 2. The van der Waals surface area contributed by atoms with Crippen molar-refractivity contribution in [3.8, 4) is 0 Å². The molecule has 2 aliphatic rings. The quantitative estimate of drug-likeness (QED) is 0.580. The van der Waals surface area contributed by atoms with Gasteiger partial charge >= 0.3 is 0 Å². The summed E-state index contributed by atoms with van der Waals surface area (Å²) < 4.78 is 5.37. The van der Waals surface area contributed by atoms with Gasteiger partial charge in [-0.2, -0.15) is 0 Å². The molecule has 0 bridgehead atoms. The molecule has 0 radical (unpaired) electrons. The monoisotopic (exact) mass is 169 g/mol. The highest BCUT2D eigenvalue weighted by Crippen LogP contribution is 2.36. The summed E-state index contributed by atoms with van der Waals surface area (Å²) in [4.78, 5) is 13.4. The highest BCUT2D eigenvalue weighted by Gasteiger charge is 2.46. The summed E-state index contributed by atoms with van der Waals surface area (Å²) in [6, 6.07) is 0. The third-order valence-corrected chi connectivity index (χ3v) is 3.08. The van der Waals surface area contributed by atoms with Crippen molar-refractivity contribution in [2.45, 2.75) is 31.7 Å². The number of carbonyl (C=O) groups is 1. The van der Waals surface area contributed by atoms with Gasteiger partial charge in [0.25, 0.3) is 0 Å². The van der Waals surface area contributed by atoms with Gasteiger partial charge in [-0.1, -0.05) is 0 Å². The molecule has 0 N–H and O–H groups in total. The molecule has 12 heavy (non-hydrogen) atoms. The van der Waals surface area contributed by atoms with E-state index in [-0.39, 0.29) is 5.54 Å². The second-order valence-electron chi connectivity index (χ2n) is 3.66. The lowest BCUT2D eigenvalue weighted by molar-refractivity contribution is -0.131. The standard InChI is InChI=1S/C9H15NO2/c1-2-10-8(11)3-4-9(10)5-6-12-7-9/h2-7H2,1H3. The Morgan fingerprint density at radius 2 is 2.42 bits per heavy atom. The van der Waals surface area contributed by atoms with Crippen LogP contribution in [-0.2, 0) is 9.53 Å². The SMILES string of the molecule is CCN1C(=O)CCC12CCOC2. The number of nitrogens with zero attached hydrogens (tertiary/aromatic N) is 1. The summed E-state index contributed by atoms with van der Waals surface area (Å²) in [5.41, 5.74) is 0.0891. The van der Waals surface area contributed by atoms with Gasteiger partial charge in [-0.15, -0.1) is 0 Å². The number of ether oxygens (including phenoxy) is 1. The number of likely N-dealkylation sites (tertiary alicyclic amines) is 1. The molecule has 2 heterocycles. The second-order valence-corrected chi connectivity index (χ2v) is 3.66. The van der Waals surface area contributed by atoms with E-state index in [4.69, 9.17) is 4.74 Å². The first kappa shape index (κ1) is 8.05. The van der Waals surface area contributed by atoms with E-state index in [0.29, 0.717) is 5.91 Å². The Balaban J connectivity index is 2.19. The zero-order valence-electron chi connectivity index (χ0n) is 7.51. The lowest BCUT2D eigenvalue weighted by Gasteiger charge is -2.32. The van der Waals surface area contributed by atoms with E-state index in [2.05, 4.69) is 0 Å². The Hall–Kier alpha value is -0.570. The minimum atomic E-state index is 0.0891. The van der Waals surface area contributed by atoms with Gasteiger partial charge < -0.3 is 9.64 Å². The van der Waals surface area contributed by atoms with Crippen LogP contribution in [0, 0.1) is 0 Å². The van der Waals surface area contributed by atoms with Crippen LogP contribution in [0.4, 0.5) is 0 Å². The molecular weight excluding hydrogens is 154 g/mol. The van der Waals surface area contributed by atoms with Crippen molar-refractivity contribution in [2.75, 3.05) is 19.8 Å². The van der Waals surface area contributed by atoms with E-state index in [1.807, 2.05) is 11.8 Å². The Kier molecular flexibility index (Phi) is 1.83. The maximum atomic E-state index is 11.4. The number of likely N-dealkylation sites (N-methyl/N-ethyl adjacent to an activating group) is 1. The van der Waals surface area contributed by atoms with E-state index in [9.17, 15) is 4.79 Å². The van der Waals surface area contributed by atoms with Gasteiger partial charge in [-0.25, -0.2) is 0 Å². The molecule has 0 aromatic rings. The first-order chi connectivity index (χ1) is 5.78. The van der Waals surface area contributed by atoms with Gasteiger partial charge in [0, 0.05) is 19.6 Å². The van der Waals surface area contributed by atoms with Gasteiger partial charge in [0.1, 0.15) is 0 Å². The Morgan fingerprint density at radius 3 is 3.00 bits per heavy atom. The van der Waals surface area contributed by atoms with Crippen molar-refractivity contribution in [2.24, 2.45) is 0 Å². The number of hydrogen-bond donors (Lipinski definition) is 0. The maximum Gasteiger partial charge on any atom is 0.223 e. The molecule has 0 aromatic heterocycles. The van der Waals surface area contributed by atoms with Crippen LogP contribution in [0.1, 0.15) is 26.2 Å². The summed E-state index contributed by atoms with van der Waals surface area (Å²) >= 11 is 0. The fourth-order valence-electron chi connectivity index (χ4n) is 2.39. The van der Waals surface area contributed by atoms with Crippen LogP contribution >= 0.6 is 0 Å². The summed E-state index contributed by atoms with van der Waals surface area (Å²) in [6.45, 7) is 4.46. The fraction of sp³-hybridized carbons (Fsp3) is 0.889. The first-order valence-corrected chi connectivity index (χ1v) is 4.67. The third kappa shape index (κ3) is 0.959. The fourth-order valence-corrected chi connectivity index (χ4v) is 2.39. The number of rotatable bonds is 1. The molecule has 3 nitrogen and oxygen atoms in total. The van der Waals surface area contributed by atoms with Gasteiger partial charge in [0.2, 0.25) is 5.91 Å². The molecule has 3 heteroatoms. The van der Waals surface area contributed by atoms with Crippen LogP contribution in [0.2, 0.25) is 0 Å². The van der Waals surface area contributed by atoms with Crippen molar-refractivity contribution in [3.05, 3.63) is 0 Å². The van der Waals surface area contributed by atoms with Gasteiger partial charge in [-0.05, 0) is 19.8 Å². The summed E-state index contributed by atoms with van der Waals surface area (Å²) in [5, 5.41) is 0. The Bertz CT molecular complexity index is 197. The zero-order chi connectivity index (χ0) is 8.60. The van der Waals surface area contributed by atoms with Crippen molar-refractivity contribution in [1.29, 1.82) is 0 Å². The van der Waals surface area contributed by atoms with Crippen molar-refractivity contribution >= 4 is 5.91 Å². The van der Waals surface area contributed by atoms with Crippen LogP contribution in [0.3, 0.4) is 0 Å². The zero-order valence-corrected chi connectivity index (χ0v) is 7.51. The minimum absolute atomic E-state index is 0.0891. The van der Waals surface area contributed by atoms with Crippen LogP contribution in [-0.4, -0.2) is 36.1 Å². The van der Waals surface area contributed by atoms with E-state index in [1.54, 1.807) is 0 Å². The molecule has 1 atom stereocenters. The smallest absolute Gasteiger partial charge is 0.223 e. The van der Waals surface area contributed by atoms with Gasteiger partial charge in [-0.3, -0.25) is 4.79 Å². The molecule has 2 rings (SSSR count). The molecule has 1 amide bonds. The average Bonchev–Trinajstić information content (AvgIpc) is 2.63. The number of amides is 1. The van der Waals surface area contributed by atoms with Crippen molar-refractivity contribution < 1.29 is 9.53 Å². The largest absolute Gasteiger partial charge is 0.379 e. The summed E-state index contributed by atoms with van der Waals surface area (Å²) in [6.07, 6.45) is 2.75. The first-order valence-electron chi connectivity index (χ1n) is 4.67. The molecule has 0 aromatic carbocycles. The predicted octanol–water partition coefficient (Wildman–Crippen LogP) is 0.788. The Labute approximate surface area is 72.7 Å². The van der Waals surface area contributed by atoms with Crippen LogP contribution in [0.15, 0.2) is 0 Å². The second kappa shape index (κ2) is 2.73. The molecule has 0 saturated carbocycles. The molecule has 2 fully saturated rings. The van der Waals surface area contributed by atoms with Crippen LogP contribution in [0.25, 0.3) is 0 Å². The van der Waals surface area contributed by atoms with E-state index in [0.717, 1.165) is 39.0 Å². The van der Waals surface area contributed by atoms with Crippen molar-refractivity contribution in [1.82, 2.24) is 4.90 Å². The van der Waals surface area contributed by atoms with Crippen molar-refractivity contribution in [3.63, 3.8) is 0 Å². The molecular formula is C9H15NO2.